The summed E-state index contributed by atoms with van der Waals surface area (Å²) >= 11 is 0. The Morgan fingerprint density at radius 3 is 3.11 bits per heavy atom. The number of allylic oxidation sites excluding steroid dienone is 2. The van der Waals surface area contributed by atoms with E-state index in [1.165, 1.54) is 0 Å². The second kappa shape index (κ2) is 4.64. The monoisotopic (exact) mass is 241 g/mol. The molecule has 1 aromatic heterocycles. The Kier molecular flexibility index (Phi) is 2.84. The lowest BCUT2D eigenvalue weighted by atomic mass is 9.94. The van der Waals surface area contributed by atoms with Gasteiger partial charge in [0.1, 0.15) is 0 Å². The molecule has 2 heterocycles. The van der Waals surface area contributed by atoms with Gasteiger partial charge in [-0.25, -0.2) is 0 Å². The van der Waals surface area contributed by atoms with Crippen molar-refractivity contribution in [1.29, 1.82) is 0 Å². The van der Waals surface area contributed by atoms with Gasteiger partial charge in [-0.2, -0.15) is 5.10 Å². The van der Waals surface area contributed by atoms with Crippen LogP contribution in [0.1, 0.15) is 24.8 Å². The van der Waals surface area contributed by atoms with Gasteiger partial charge in [-0.3, -0.25) is 4.98 Å². The Balaban J connectivity index is 1.77. The van der Waals surface area contributed by atoms with Gasteiger partial charge in [-0.1, -0.05) is 18.2 Å². The van der Waals surface area contributed by atoms with Gasteiger partial charge in [-0.15, -0.1) is 0 Å². The van der Waals surface area contributed by atoms with Crippen LogP contribution in [0.2, 0.25) is 0 Å². The van der Waals surface area contributed by atoms with Crippen LogP contribution in [0.4, 0.5) is 0 Å². The number of hydrazone groups is 1. The molecule has 1 atom stereocenters. The first-order chi connectivity index (χ1) is 8.84. The zero-order chi connectivity index (χ0) is 12.4. The molecule has 1 aromatic rings. The van der Waals surface area contributed by atoms with Gasteiger partial charge in [-0.05, 0) is 12.5 Å². The minimum Gasteiger partial charge on any atom is -0.512 e. The summed E-state index contributed by atoms with van der Waals surface area (Å²) in [7, 11) is 0. The zero-order valence-electron chi connectivity index (χ0n) is 10.0. The average molecular weight is 241 g/mol. The molecule has 2 N–H and O–H groups in total. The Labute approximate surface area is 106 Å². The fourth-order valence-electron chi connectivity index (χ4n) is 2.32. The standard InChI is InChI=1S/C14H15N3O/c18-14-6-2-1-5-11(14)13-8-12(16-17-13)10-4-3-7-15-9-10/h1,3-5,7,9,13,17-18H,2,6,8H2. The molecule has 4 nitrogen and oxygen atoms in total. The van der Waals surface area contributed by atoms with Crippen molar-refractivity contribution in [3.8, 4) is 0 Å². The van der Waals surface area contributed by atoms with Crippen LogP contribution in [0.5, 0.6) is 0 Å². The zero-order valence-corrected chi connectivity index (χ0v) is 10.0. The van der Waals surface area contributed by atoms with E-state index in [0.29, 0.717) is 5.76 Å². The molecule has 0 fully saturated rings. The maximum absolute atomic E-state index is 9.91. The van der Waals surface area contributed by atoms with Crippen LogP contribution in [-0.4, -0.2) is 21.8 Å². The largest absolute Gasteiger partial charge is 0.512 e. The molecule has 1 aliphatic heterocycles. The molecule has 1 aliphatic carbocycles. The summed E-state index contributed by atoms with van der Waals surface area (Å²) in [5.74, 6) is 0.484. The number of rotatable bonds is 2. The second-order valence-electron chi connectivity index (χ2n) is 4.53. The topological polar surface area (TPSA) is 57.5 Å². The molecule has 0 saturated carbocycles. The van der Waals surface area contributed by atoms with Crippen LogP contribution in [0, 0.1) is 0 Å². The maximum atomic E-state index is 9.91. The summed E-state index contributed by atoms with van der Waals surface area (Å²) in [4.78, 5) is 4.10. The normalized spacial score (nSPS) is 22.9. The molecule has 1 unspecified atom stereocenters. The van der Waals surface area contributed by atoms with E-state index in [1.54, 1.807) is 6.20 Å². The van der Waals surface area contributed by atoms with Gasteiger partial charge in [0.25, 0.3) is 0 Å². The van der Waals surface area contributed by atoms with Gasteiger partial charge >= 0.3 is 0 Å². The summed E-state index contributed by atoms with van der Waals surface area (Å²) in [6.07, 6.45) is 10.1. The first-order valence-corrected chi connectivity index (χ1v) is 6.15. The summed E-state index contributed by atoms with van der Waals surface area (Å²) < 4.78 is 0. The predicted molar refractivity (Wildman–Crippen MR) is 70.3 cm³/mol. The van der Waals surface area contributed by atoms with Crippen molar-refractivity contribution >= 4 is 5.71 Å². The molecule has 2 aliphatic rings. The van der Waals surface area contributed by atoms with Crippen molar-refractivity contribution in [2.75, 3.05) is 0 Å². The van der Waals surface area contributed by atoms with Gasteiger partial charge in [0.15, 0.2) is 0 Å². The smallest absolute Gasteiger partial charge is 0.0978 e. The molecular formula is C14H15N3O. The SMILES string of the molecule is OC1=C(C2CC(c3cccnc3)=NN2)C=CCC1. The first-order valence-electron chi connectivity index (χ1n) is 6.15. The number of aliphatic hydroxyl groups is 1. The maximum Gasteiger partial charge on any atom is 0.0978 e. The molecule has 0 saturated heterocycles. The Morgan fingerprint density at radius 2 is 2.33 bits per heavy atom. The van der Waals surface area contributed by atoms with E-state index in [4.69, 9.17) is 0 Å². The van der Waals surface area contributed by atoms with Crippen LogP contribution in [0.15, 0.2) is 53.1 Å². The number of hydrogen-bond acceptors (Lipinski definition) is 4. The van der Waals surface area contributed by atoms with E-state index in [0.717, 1.165) is 36.1 Å². The number of nitrogens with one attached hydrogen (secondary N) is 1. The van der Waals surface area contributed by atoms with E-state index < -0.39 is 0 Å². The quantitative estimate of drug-likeness (QED) is 0.835. The Bertz CT molecular complexity index is 531. The van der Waals surface area contributed by atoms with E-state index in [-0.39, 0.29) is 6.04 Å². The molecular weight excluding hydrogens is 226 g/mol. The lowest BCUT2D eigenvalue weighted by Crippen LogP contribution is -2.23. The third-order valence-electron chi connectivity index (χ3n) is 3.30. The van der Waals surface area contributed by atoms with Crippen LogP contribution >= 0.6 is 0 Å². The van der Waals surface area contributed by atoms with Crippen LogP contribution < -0.4 is 5.43 Å². The number of aliphatic hydroxyl groups excluding tert-OH is 1. The van der Waals surface area contributed by atoms with Crippen molar-refractivity contribution in [1.82, 2.24) is 10.4 Å². The highest BCUT2D eigenvalue weighted by Gasteiger charge is 2.25. The van der Waals surface area contributed by atoms with Crippen LogP contribution in [-0.2, 0) is 0 Å². The van der Waals surface area contributed by atoms with Crippen LogP contribution in [0.25, 0.3) is 0 Å². The highest BCUT2D eigenvalue weighted by Crippen LogP contribution is 2.24. The third kappa shape index (κ3) is 2.01. The summed E-state index contributed by atoms with van der Waals surface area (Å²) in [5, 5.41) is 14.3. The van der Waals surface area contributed by atoms with Crippen LogP contribution in [0.3, 0.4) is 0 Å². The molecule has 0 bridgehead atoms. The van der Waals surface area contributed by atoms with Crippen molar-refractivity contribution in [2.24, 2.45) is 5.10 Å². The Morgan fingerprint density at radius 1 is 1.39 bits per heavy atom. The van der Waals surface area contributed by atoms with Crippen molar-refractivity contribution in [3.05, 3.63) is 53.6 Å². The van der Waals surface area contributed by atoms with Crippen molar-refractivity contribution < 1.29 is 5.11 Å². The summed E-state index contributed by atoms with van der Waals surface area (Å²) in [6.45, 7) is 0. The molecule has 0 aromatic carbocycles. The molecule has 18 heavy (non-hydrogen) atoms. The summed E-state index contributed by atoms with van der Waals surface area (Å²) in [5.41, 5.74) is 6.09. The summed E-state index contributed by atoms with van der Waals surface area (Å²) in [6, 6.07) is 3.99. The highest BCUT2D eigenvalue weighted by molar-refractivity contribution is 6.01. The molecule has 3 rings (SSSR count). The number of hydrogen-bond donors (Lipinski definition) is 2. The molecule has 0 amide bonds. The molecule has 92 valence electrons. The van der Waals surface area contributed by atoms with Crippen molar-refractivity contribution in [3.63, 3.8) is 0 Å². The van der Waals surface area contributed by atoms with Gasteiger partial charge < -0.3 is 10.5 Å². The predicted octanol–water partition coefficient (Wildman–Crippen LogP) is 2.31. The van der Waals surface area contributed by atoms with Gasteiger partial charge in [0, 0.05) is 36.4 Å². The lowest BCUT2D eigenvalue weighted by Gasteiger charge is -2.16. The van der Waals surface area contributed by atoms with E-state index in [9.17, 15) is 5.11 Å². The van der Waals surface area contributed by atoms with E-state index >= 15 is 0 Å². The highest BCUT2D eigenvalue weighted by atomic mass is 16.3. The van der Waals surface area contributed by atoms with Gasteiger partial charge in [0.05, 0.1) is 17.5 Å². The van der Waals surface area contributed by atoms with Crippen molar-refractivity contribution in [2.45, 2.75) is 25.3 Å². The average Bonchev–Trinajstić information content (AvgIpc) is 2.90. The molecule has 0 spiro atoms. The fourth-order valence-corrected chi connectivity index (χ4v) is 2.32. The molecule has 4 heteroatoms. The Hall–Kier alpha value is -2.10. The molecule has 0 radical (unpaired) electrons. The third-order valence-corrected chi connectivity index (χ3v) is 3.30. The lowest BCUT2D eigenvalue weighted by molar-refractivity contribution is 0.374. The number of aromatic nitrogens is 1. The van der Waals surface area contributed by atoms with E-state index in [1.807, 2.05) is 24.4 Å². The second-order valence-corrected chi connectivity index (χ2v) is 4.53. The minimum atomic E-state index is 0.0803. The number of pyridine rings is 1. The minimum absolute atomic E-state index is 0.0803. The van der Waals surface area contributed by atoms with Gasteiger partial charge in [0.2, 0.25) is 0 Å². The van der Waals surface area contributed by atoms with E-state index in [2.05, 4.69) is 21.6 Å². The number of nitrogens with zero attached hydrogens (tertiary/aromatic N) is 2. The fraction of sp³-hybridized carbons (Fsp3) is 0.286. The first kappa shape index (κ1) is 11.0.